The highest BCUT2D eigenvalue weighted by Gasteiger charge is 2.16. The van der Waals surface area contributed by atoms with E-state index in [-0.39, 0.29) is 5.63 Å². The van der Waals surface area contributed by atoms with Crippen molar-refractivity contribution in [3.8, 4) is 0 Å². The summed E-state index contributed by atoms with van der Waals surface area (Å²) in [4.78, 5) is 12.3. The summed E-state index contributed by atoms with van der Waals surface area (Å²) in [7, 11) is 0. The zero-order chi connectivity index (χ0) is 16.3. The Morgan fingerprint density at radius 2 is 1.50 bits per heavy atom. The summed E-state index contributed by atoms with van der Waals surface area (Å²) < 4.78 is 7.92. The molecule has 0 fully saturated rings. The predicted octanol–water partition coefficient (Wildman–Crippen LogP) is 5.07. The third kappa shape index (κ3) is 1.59. The zero-order valence-electron chi connectivity index (χ0n) is 13.2. The first-order valence-corrected chi connectivity index (χ1v) is 8.15. The van der Waals surface area contributed by atoms with E-state index in [9.17, 15) is 4.79 Å². The minimum absolute atomic E-state index is 0.281. The number of benzene rings is 3. The molecule has 24 heavy (non-hydrogen) atoms. The second kappa shape index (κ2) is 4.71. The van der Waals surface area contributed by atoms with Gasteiger partial charge in [-0.1, -0.05) is 36.4 Å². The molecule has 0 radical (unpaired) electrons. The largest absolute Gasteiger partial charge is 0.422 e. The minimum Gasteiger partial charge on any atom is -0.422 e. The molecule has 3 heteroatoms. The molecular formula is C21H15NO2. The first-order valence-electron chi connectivity index (χ1n) is 8.15. The van der Waals surface area contributed by atoms with Crippen molar-refractivity contribution in [1.82, 2.24) is 4.57 Å². The maximum atomic E-state index is 12.3. The molecule has 0 N–H and O–H groups in total. The van der Waals surface area contributed by atoms with Gasteiger partial charge in [-0.15, -0.1) is 0 Å². The molecule has 0 saturated carbocycles. The van der Waals surface area contributed by atoms with E-state index >= 15 is 0 Å². The van der Waals surface area contributed by atoms with Crippen molar-refractivity contribution in [3.63, 3.8) is 0 Å². The van der Waals surface area contributed by atoms with Gasteiger partial charge in [0.25, 0.3) is 0 Å². The van der Waals surface area contributed by atoms with Gasteiger partial charge in [0.2, 0.25) is 0 Å². The first-order chi connectivity index (χ1) is 11.8. The van der Waals surface area contributed by atoms with E-state index in [0.29, 0.717) is 11.0 Å². The van der Waals surface area contributed by atoms with Crippen LogP contribution in [0.2, 0.25) is 0 Å². The van der Waals surface area contributed by atoms with Gasteiger partial charge in [0, 0.05) is 39.1 Å². The Balaban J connectivity index is 2.20. The van der Waals surface area contributed by atoms with Gasteiger partial charge in [-0.05, 0) is 31.2 Å². The lowest BCUT2D eigenvalue weighted by molar-refractivity contribution is 0.570. The van der Waals surface area contributed by atoms with E-state index in [0.717, 1.165) is 22.7 Å². The van der Waals surface area contributed by atoms with Crippen LogP contribution >= 0.6 is 0 Å². The minimum atomic E-state index is -0.281. The normalized spacial score (nSPS) is 11.9. The molecule has 5 aromatic rings. The molecule has 0 bridgehead atoms. The van der Waals surface area contributed by atoms with Gasteiger partial charge in [0.1, 0.15) is 5.58 Å². The van der Waals surface area contributed by atoms with E-state index in [1.165, 1.54) is 16.4 Å². The lowest BCUT2D eigenvalue weighted by Gasteiger charge is -2.06. The van der Waals surface area contributed by atoms with Crippen molar-refractivity contribution in [2.45, 2.75) is 13.5 Å². The summed E-state index contributed by atoms with van der Waals surface area (Å²) >= 11 is 0. The molecule has 5 rings (SSSR count). The summed E-state index contributed by atoms with van der Waals surface area (Å²) in [5, 5.41) is 4.95. The van der Waals surface area contributed by atoms with Crippen LogP contribution in [0.1, 0.15) is 6.92 Å². The Morgan fingerprint density at radius 1 is 0.792 bits per heavy atom. The standard InChI is InChI=1S/C21H15NO2/c1-2-22-16-10-6-5-9-15(16)19-17(22)11-12-18-20(19)13-7-3-4-8-14(13)21(23)24-18/h3-12H,2H2,1H3. The van der Waals surface area contributed by atoms with Crippen LogP contribution in [0.3, 0.4) is 0 Å². The molecule has 0 spiro atoms. The SMILES string of the molecule is CCn1c2ccccc2c2c3c(ccc21)oc(=O)c1ccccc13. The molecule has 3 aromatic carbocycles. The van der Waals surface area contributed by atoms with Crippen molar-refractivity contribution >= 4 is 43.5 Å². The van der Waals surface area contributed by atoms with Gasteiger partial charge >= 0.3 is 5.63 Å². The Hall–Kier alpha value is -3.07. The second-order valence-electron chi connectivity index (χ2n) is 6.03. The van der Waals surface area contributed by atoms with E-state index in [1.807, 2.05) is 30.3 Å². The number of aryl methyl sites for hydroxylation is 1. The number of para-hydroxylation sites is 1. The lowest BCUT2D eigenvalue weighted by atomic mass is 10.0. The molecule has 116 valence electrons. The van der Waals surface area contributed by atoms with Crippen molar-refractivity contribution in [3.05, 3.63) is 71.1 Å². The fourth-order valence-electron chi connectivity index (χ4n) is 3.85. The fourth-order valence-corrected chi connectivity index (χ4v) is 3.85. The number of aromatic nitrogens is 1. The predicted molar refractivity (Wildman–Crippen MR) is 98.7 cm³/mol. The third-order valence-corrected chi connectivity index (χ3v) is 4.84. The average Bonchev–Trinajstić information content (AvgIpc) is 2.95. The highest BCUT2D eigenvalue weighted by Crippen LogP contribution is 2.37. The molecule has 0 saturated heterocycles. The van der Waals surface area contributed by atoms with Gasteiger partial charge in [-0.3, -0.25) is 0 Å². The molecule has 2 heterocycles. The number of hydrogen-bond acceptors (Lipinski definition) is 2. The van der Waals surface area contributed by atoms with Gasteiger partial charge in [-0.2, -0.15) is 0 Å². The van der Waals surface area contributed by atoms with Crippen LogP contribution in [-0.4, -0.2) is 4.57 Å². The van der Waals surface area contributed by atoms with Gasteiger partial charge < -0.3 is 8.98 Å². The molecule has 3 nitrogen and oxygen atoms in total. The Morgan fingerprint density at radius 3 is 2.29 bits per heavy atom. The Labute approximate surface area is 137 Å². The van der Waals surface area contributed by atoms with E-state index < -0.39 is 0 Å². The van der Waals surface area contributed by atoms with Crippen LogP contribution in [0.4, 0.5) is 0 Å². The van der Waals surface area contributed by atoms with E-state index in [2.05, 4.69) is 41.8 Å². The van der Waals surface area contributed by atoms with Gasteiger partial charge in [0.05, 0.1) is 5.39 Å². The lowest BCUT2D eigenvalue weighted by Crippen LogP contribution is -1.99. The average molecular weight is 313 g/mol. The highest BCUT2D eigenvalue weighted by molar-refractivity contribution is 6.26. The van der Waals surface area contributed by atoms with Crippen molar-refractivity contribution in [1.29, 1.82) is 0 Å². The second-order valence-corrected chi connectivity index (χ2v) is 6.03. The molecule has 0 unspecified atom stereocenters. The van der Waals surface area contributed by atoms with E-state index in [4.69, 9.17) is 4.42 Å². The van der Waals surface area contributed by atoms with Crippen LogP contribution in [-0.2, 0) is 6.54 Å². The van der Waals surface area contributed by atoms with Crippen molar-refractivity contribution < 1.29 is 4.42 Å². The first kappa shape index (κ1) is 13.4. The molecule has 0 atom stereocenters. The third-order valence-electron chi connectivity index (χ3n) is 4.84. The molecule has 0 aliphatic heterocycles. The zero-order valence-corrected chi connectivity index (χ0v) is 13.2. The van der Waals surface area contributed by atoms with Crippen LogP contribution in [0.15, 0.2) is 69.9 Å². The molecule has 2 aromatic heterocycles. The van der Waals surface area contributed by atoms with Crippen molar-refractivity contribution in [2.24, 2.45) is 0 Å². The molecule has 0 aliphatic rings. The molecular weight excluding hydrogens is 298 g/mol. The fraction of sp³-hybridized carbons (Fsp3) is 0.0952. The summed E-state index contributed by atoms with van der Waals surface area (Å²) in [6.45, 7) is 3.05. The van der Waals surface area contributed by atoms with Crippen molar-refractivity contribution in [2.75, 3.05) is 0 Å². The monoisotopic (exact) mass is 313 g/mol. The molecule has 0 aliphatic carbocycles. The Bertz CT molecular complexity index is 1310. The van der Waals surface area contributed by atoms with Crippen LogP contribution < -0.4 is 5.63 Å². The van der Waals surface area contributed by atoms with Gasteiger partial charge in [0.15, 0.2) is 0 Å². The molecule has 0 amide bonds. The maximum absolute atomic E-state index is 12.3. The number of fused-ring (bicyclic) bond motifs is 7. The van der Waals surface area contributed by atoms with Crippen LogP contribution in [0.5, 0.6) is 0 Å². The van der Waals surface area contributed by atoms with Crippen LogP contribution in [0, 0.1) is 0 Å². The summed E-state index contributed by atoms with van der Waals surface area (Å²) in [5.74, 6) is 0. The number of nitrogens with zero attached hydrogens (tertiary/aromatic N) is 1. The summed E-state index contributed by atoms with van der Waals surface area (Å²) in [5.41, 5.74) is 2.74. The van der Waals surface area contributed by atoms with E-state index in [1.54, 1.807) is 0 Å². The Kier molecular flexibility index (Phi) is 2.63. The summed E-state index contributed by atoms with van der Waals surface area (Å²) in [6, 6.07) is 20.1. The summed E-state index contributed by atoms with van der Waals surface area (Å²) in [6.07, 6.45) is 0. The maximum Gasteiger partial charge on any atom is 0.344 e. The number of hydrogen-bond donors (Lipinski definition) is 0. The van der Waals surface area contributed by atoms with Crippen LogP contribution in [0.25, 0.3) is 43.5 Å². The quantitative estimate of drug-likeness (QED) is 0.320. The topological polar surface area (TPSA) is 35.1 Å². The number of rotatable bonds is 1. The van der Waals surface area contributed by atoms with Gasteiger partial charge in [-0.25, -0.2) is 4.79 Å². The smallest absolute Gasteiger partial charge is 0.344 e. The highest BCUT2D eigenvalue weighted by atomic mass is 16.4.